The fourth-order valence-electron chi connectivity index (χ4n) is 3.15. The summed E-state index contributed by atoms with van der Waals surface area (Å²) in [6.07, 6.45) is 7.49. The molecule has 1 heterocycles. The lowest BCUT2D eigenvalue weighted by molar-refractivity contribution is -0.115. The largest absolute Gasteiger partial charge is 0.377 e. The SMILES string of the molecule is Cl.O=C(C=CN1CCCCC1)C(c1ccccc1)c1ccccc1. The van der Waals surface area contributed by atoms with Crippen LogP contribution >= 0.6 is 12.4 Å². The van der Waals surface area contributed by atoms with Crippen molar-refractivity contribution in [3.8, 4) is 0 Å². The average molecular weight is 342 g/mol. The number of piperidine rings is 1. The first-order valence-corrected chi connectivity index (χ1v) is 8.40. The van der Waals surface area contributed by atoms with Crippen LogP contribution in [0.2, 0.25) is 0 Å². The number of benzene rings is 2. The molecule has 2 aromatic carbocycles. The number of allylic oxidation sites excluding steroid dienone is 1. The first-order valence-electron chi connectivity index (χ1n) is 8.40. The molecular formula is C21H24ClNO. The molecule has 1 saturated heterocycles. The highest BCUT2D eigenvalue weighted by molar-refractivity contribution is 5.97. The van der Waals surface area contributed by atoms with Crippen LogP contribution in [-0.2, 0) is 4.79 Å². The quantitative estimate of drug-likeness (QED) is 0.727. The third kappa shape index (κ3) is 4.72. The number of likely N-dealkylation sites (tertiary alicyclic amines) is 1. The van der Waals surface area contributed by atoms with Gasteiger partial charge < -0.3 is 4.90 Å². The first-order chi connectivity index (χ1) is 11.3. The number of hydrogen-bond acceptors (Lipinski definition) is 2. The van der Waals surface area contributed by atoms with E-state index < -0.39 is 0 Å². The van der Waals surface area contributed by atoms with Crippen molar-refractivity contribution in [3.63, 3.8) is 0 Å². The average Bonchev–Trinajstić information content (AvgIpc) is 2.63. The van der Waals surface area contributed by atoms with Gasteiger partial charge in [-0.25, -0.2) is 0 Å². The Morgan fingerprint density at radius 1 is 0.833 bits per heavy atom. The van der Waals surface area contributed by atoms with Gasteiger partial charge in [0.25, 0.3) is 0 Å². The Balaban J connectivity index is 0.00000208. The summed E-state index contributed by atoms with van der Waals surface area (Å²) >= 11 is 0. The number of nitrogens with zero attached hydrogens (tertiary/aromatic N) is 1. The van der Waals surface area contributed by atoms with Crippen LogP contribution < -0.4 is 0 Å². The molecule has 1 aliphatic rings. The van der Waals surface area contributed by atoms with E-state index in [0.29, 0.717) is 0 Å². The van der Waals surface area contributed by atoms with Crippen molar-refractivity contribution >= 4 is 18.2 Å². The van der Waals surface area contributed by atoms with Crippen LogP contribution in [-0.4, -0.2) is 23.8 Å². The van der Waals surface area contributed by atoms with Gasteiger partial charge in [-0.3, -0.25) is 4.79 Å². The minimum Gasteiger partial charge on any atom is -0.377 e. The van der Waals surface area contributed by atoms with E-state index in [0.717, 1.165) is 24.2 Å². The molecule has 0 aromatic heterocycles. The predicted molar refractivity (Wildman–Crippen MR) is 102 cm³/mol. The topological polar surface area (TPSA) is 20.3 Å². The minimum absolute atomic E-state index is 0. The summed E-state index contributed by atoms with van der Waals surface area (Å²) in [6.45, 7) is 2.12. The van der Waals surface area contributed by atoms with E-state index in [1.165, 1.54) is 19.3 Å². The second-order valence-electron chi connectivity index (χ2n) is 6.07. The second kappa shape index (κ2) is 9.29. The van der Waals surface area contributed by atoms with Crippen LogP contribution in [0.25, 0.3) is 0 Å². The van der Waals surface area contributed by atoms with E-state index in [1.807, 2.05) is 66.9 Å². The van der Waals surface area contributed by atoms with Gasteiger partial charge in [0.2, 0.25) is 0 Å². The van der Waals surface area contributed by atoms with Gasteiger partial charge in [-0.15, -0.1) is 12.4 Å². The van der Waals surface area contributed by atoms with Gasteiger partial charge in [-0.2, -0.15) is 0 Å². The van der Waals surface area contributed by atoms with Crippen LogP contribution in [0.5, 0.6) is 0 Å². The van der Waals surface area contributed by atoms with Crippen molar-refractivity contribution < 1.29 is 4.79 Å². The van der Waals surface area contributed by atoms with Crippen molar-refractivity contribution in [1.82, 2.24) is 4.90 Å². The molecular weight excluding hydrogens is 318 g/mol. The Morgan fingerprint density at radius 2 is 1.33 bits per heavy atom. The highest BCUT2D eigenvalue weighted by Gasteiger charge is 2.20. The van der Waals surface area contributed by atoms with Crippen molar-refractivity contribution in [2.24, 2.45) is 0 Å². The van der Waals surface area contributed by atoms with Crippen LogP contribution in [0.3, 0.4) is 0 Å². The lowest BCUT2D eigenvalue weighted by Crippen LogP contribution is -2.24. The summed E-state index contributed by atoms with van der Waals surface area (Å²) in [5, 5.41) is 0. The van der Waals surface area contributed by atoms with Crippen LogP contribution in [0.15, 0.2) is 72.9 Å². The van der Waals surface area contributed by atoms with Crippen molar-refractivity contribution in [1.29, 1.82) is 0 Å². The second-order valence-corrected chi connectivity index (χ2v) is 6.07. The molecule has 126 valence electrons. The molecule has 2 aromatic rings. The minimum atomic E-state index is -0.224. The molecule has 0 atom stereocenters. The molecule has 1 aliphatic heterocycles. The van der Waals surface area contributed by atoms with E-state index in [4.69, 9.17) is 0 Å². The van der Waals surface area contributed by atoms with E-state index >= 15 is 0 Å². The number of carbonyl (C=O) groups is 1. The zero-order valence-electron chi connectivity index (χ0n) is 13.8. The fraction of sp³-hybridized carbons (Fsp3) is 0.286. The molecule has 0 unspecified atom stereocenters. The van der Waals surface area contributed by atoms with E-state index in [9.17, 15) is 4.79 Å². The maximum absolute atomic E-state index is 12.9. The molecule has 0 radical (unpaired) electrons. The Kier molecular flexibility index (Phi) is 7.07. The maximum atomic E-state index is 12.9. The van der Waals surface area contributed by atoms with E-state index in [2.05, 4.69) is 4.90 Å². The Morgan fingerprint density at radius 3 is 1.83 bits per heavy atom. The molecule has 2 nitrogen and oxygen atoms in total. The Hall–Kier alpha value is -2.06. The van der Waals surface area contributed by atoms with Gasteiger partial charge in [0, 0.05) is 19.3 Å². The highest BCUT2D eigenvalue weighted by atomic mass is 35.5. The normalized spacial score (nSPS) is 14.6. The molecule has 0 saturated carbocycles. The summed E-state index contributed by atoms with van der Waals surface area (Å²) in [6, 6.07) is 20.1. The van der Waals surface area contributed by atoms with Crippen LogP contribution in [0.1, 0.15) is 36.3 Å². The highest BCUT2D eigenvalue weighted by Crippen LogP contribution is 2.26. The maximum Gasteiger partial charge on any atom is 0.168 e. The number of halogens is 1. The predicted octanol–water partition coefficient (Wildman–Crippen LogP) is 4.81. The first kappa shape index (κ1) is 18.3. The molecule has 0 amide bonds. The smallest absolute Gasteiger partial charge is 0.168 e. The summed E-state index contributed by atoms with van der Waals surface area (Å²) in [4.78, 5) is 15.1. The zero-order chi connectivity index (χ0) is 15.9. The fourth-order valence-corrected chi connectivity index (χ4v) is 3.15. The lowest BCUT2D eigenvalue weighted by Gasteiger charge is -2.25. The molecule has 1 fully saturated rings. The molecule has 0 N–H and O–H groups in total. The molecule has 3 rings (SSSR count). The number of hydrogen-bond donors (Lipinski definition) is 0. The molecule has 24 heavy (non-hydrogen) atoms. The standard InChI is InChI=1S/C21H23NO.ClH/c23-20(14-17-22-15-8-3-9-16-22)21(18-10-4-1-5-11-18)19-12-6-2-7-13-19;/h1-2,4-7,10-14,17,21H,3,8-9,15-16H2;1H. The third-order valence-corrected chi connectivity index (χ3v) is 4.39. The van der Waals surface area contributed by atoms with Gasteiger partial charge >= 0.3 is 0 Å². The van der Waals surface area contributed by atoms with Crippen molar-refractivity contribution in [2.75, 3.05) is 13.1 Å². The lowest BCUT2D eigenvalue weighted by atomic mass is 9.87. The van der Waals surface area contributed by atoms with E-state index in [-0.39, 0.29) is 24.1 Å². The number of rotatable bonds is 5. The van der Waals surface area contributed by atoms with Gasteiger partial charge in [0.1, 0.15) is 0 Å². The Labute approximate surface area is 150 Å². The monoisotopic (exact) mass is 341 g/mol. The molecule has 0 spiro atoms. The molecule has 0 bridgehead atoms. The molecule has 0 aliphatic carbocycles. The van der Waals surface area contributed by atoms with Crippen molar-refractivity contribution in [3.05, 3.63) is 84.1 Å². The summed E-state index contributed by atoms with van der Waals surface area (Å²) in [7, 11) is 0. The summed E-state index contributed by atoms with van der Waals surface area (Å²) < 4.78 is 0. The Bertz CT molecular complexity index is 609. The zero-order valence-corrected chi connectivity index (χ0v) is 14.6. The number of ketones is 1. The summed E-state index contributed by atoms with van der Waals surface area (Å²) in [5.41, 5.74) is 2.10. The molecule has 3 heteroatoms. The third-order valence-electron chi connectivity index (χ3n) is 4.39. The van der Waals surface area contributed by atoms with Crippen LogP contribution in [0, 0.1) is 0 Å². The van der Waals surface area contributed by atoms with Gasteiger partial charge in [-0.1, -0.05) is 60.7 Å². The van der Waals surface area contributed by atoms with Crippen LogP contribution in [0.4, 0.5) is 0 Å². The van der Waals surface area contributed by atoms with Gasteiger partial charge in [-0.05, 0) is 36.5 Å². The van der Waals surface area contributed by atoms with E-state index in [1.54, 1.807) is 6.08 Å². The van der Waals surface area contributed by atoms with Gasteiger partial charge in [0.15, 0.2) is 5.78 Å². The van der Waals surface area contributed by atoms with Gasteiger partial charge in [0.05, 0.1) is 5.92 Å². The summed E-state index contributed by atoms with van der Waals surface area (Å²) in [5.74, 6) is -0.0774. The van der Waals surface area contributed by atoms with Crippen molar-refractivity contribution in [2.45, 2.75) is 25.2 Å². The number of carbonyl (C=O) groups excluding carboxylic acids is 1.